The Balaban J connectivity index is 0.000000143. The van der Waals surface area contributed by atoms with Gasteiger partial charge in [-0.05, 0) is 218 Å². The van der Waals surface area contributed by atoms with Crippen LogP contribution in [0.15, 0.2) is 163 Å². The number of benzene rings is 4. The van der Waals surface area contributed by atoms with Crippen LogP contribution in [0.25, 0.3) is 89.4 Å². The zero-order chi connectivity index (χ0) is 103. The van der Waals surface area contributed by atoms with Crippen LogP contribution in [0.2, 0.25) is 0 Å². The van der Waals surface area contributed by atoms with E-state index in [9.17, 15) is 61.0 Å². The predicted octanol–water partition coefficient (Wildman–Crippen LogP) is 21.3. The summed E-state index contributed by atoms with van der Waals surface area (Å²) in [5.41, 5.74) is 10.7. The number of carbonyl (C=O) groups excluding carboxylic acids is 8. The maximum Gasteiger partial charge on any atom is 0.290 e. The van der Waals surface area contributed by atoms with Gasteiger partial charge in [0.15, 0.2) is 45.4 Å². The van der Waals surface area contributed by atoms with Crippen molar-refractivity contribution in [2.75, 3.05) is 91.8 Å². The van der Waals surface area contributed by atoms with Crippen molar-refractivity contribution in [3.63, 3.8) is 0 Å². The number of hydrogen-bond donors (Lipinski definition) is 1. The molecule has 0 radical (unpaired) electrons. The van der Waals surface area contributed by atoms with E-state index in [2.05, 4.69) is 76.2 Å². The van der Waals surface area contributed by atoms with Gasteiger partial charge in [0.05, 0.1) is 44.9 Å². The minimum absolute atomic E-state index is 0.00742. The van der Waals surface area contributed by atoms with Crippen molar-refractivity contribution < 1.29 is 83.4 Å². The maximum absolute atomic E-state index is 13.7. The highest BCUT2D eigenvalue weighted by Gasteiger charge is 2.54. The molecule has 8 aromatic heterocycles. The minimum atomic E-state index is -1.42. The first-order valence-electron chi connectivity index (χ1n) is 49.2. The highest BCUT2D eigenvalue weighted by atomic mass is 19.1. The fourth-order valence-corrected chi connectivity index (χ4v) is 19.8. The fraction of sp³-hybridized carbons (Fsp3) is 0.464. The van der Waals surface area contributed by atoms with Crippen LogP contribution in [0.4, 0.5) is 17.6 Å². The lowest BCUT2D eigenvalue weighted by atomic mass is 9.90. The third kappa shape index (κ3) is 22.3. The number of aromatic nitrogens is 4. The molecule has 752 valence electrons. The van der Waals surface area contributed by atoms with Crippen LogP contribution in [0.1, 0.15) is 266 Å². The number of fused-ring (bicyclic) bond motifs is 4. The van der Waals surface area contributed by atoms with Gasteiger partial charge >= 0.3 is 0 Å². The van der Waals surface area contributed by atoms with Crippen LogP contribution in [0.3, 0.4) is 0 Å². The Morgan fingerprint density at radius 3 is 0.894 bits per heavy atom. The molecule has 13 heterocycles. The largest absolute Gasteiger partial charge is 0.449 e. The van der Waals surface area contributed by atoms with Crippen molar-refractivity contribution in [1.29, 1.82) is 0 Å². The Morgan fingerprint density at radius 2 is 0.634 bits per heavy atom. The van der Waals surface area contributed by atoms with Gasteiger partial charge in [-0.15, -0.1) is 0 Å². The lowest BCUT2D eigenvalue weighted by molar-refractivity contribution is -0.164. The number of hydrogen-bond acceptors (Lipinski definition) is 18. The second-order valence-electron chi connectivity index (χ2n) is 44.3. The summed E-state index contributed by atoms with van der Waals surface area (Å²) >= 11 is 0. The van der Waals surface area contributed by atoms with E-state index in [1.807, 2.05) is 108 Å². The summed E-state index contributed by atoms with van der Waals surface area (Å²) in [6.45, 7) is 50.0. The molecule has 4 aromatic carbocycles. The second-order valence-corrected chi connectivity index (χ2v) is 44.3. The molecule has 0 spiro atoms. The molecule has 142 heavy (non-hydrogen) atoms. The van der Waals surface area contributed by atoms with Crippen molar-refractivity contribution in [2.45, 2.75) is 229 Å². The normalized spacial score (nSPS) is 18.1. The minimum Gasteiger partial charge on any atom is -0.449 e. The lowest BCUT2D eigenvalue weighted by Gasteiger charge is -2.48. The molecule has 26 nitrogen and oxygen atoms in total. The first-order chi connectivity index (χ1) is 66.7. The number of pyridine rings is 4. The summed E-state index contributed by atoms with van der Waals surface area (Å²) in [7, 11) is 0. The number of ether oxygens (including phenoxy) is 1. The Hall–Kier alpha value is -13.0. The third-order valence-corrected chi connectivity index (χ3v) is 28.1. The van der Waals surface area contributed by atoms with Crippen LogP contribution >= 0.6 is 0 Å². The molecular formula is C112H132F4N12O14. The molecule has 30 heteroatoms. The van der Waals surface area contributed by atoms with Gasteiger partial charge in [0.1, 0.15) is 50.9 Å². The SMILES string of the molecule is CC(=O)N1CCN(C(=O)c2cc3nc(-c4ccc(F)cc4)cc(C(C)C)c3o2)C(C)(C)C1.CC(C)c1cc(-c2ccc(F)cc2)nc2cc(C(=O)N3CCN(C(=O)C4(O)CCOCC4)CC3(C)C)oc12.CC(C)c1cc(-c2ccc(F)cc2)nc2cc(C(=O)N3CCN(C(=O)C4CC4(C)C)CC3(C)C)oc12.CC(C)c1cc(-c2ccc(F)cc2)nc2cc(C(=O)N3CCN(C(=O)CC(C)(C)C)CC3(C)C)oc12. The topological polar surface area (TPSA) is 296 Å². The van der Waals surface area contributed by atoms with Crippen molar-refractivity contribution in [1.82, 2.24) is 59.1 Å². The number of aliphatic hydroxyl groups is 1. The van der Waals surface area contributed by atoms with Gasteiger partial charge in [-0.25, -0.2) is 37.5 Å². The predicted molar refractivity (Wildman–Crippen MR) is 537 cm³/mol. The number of nitrogens with zero attached hydrogens (tertiary/aromatic N) is 12. The molecular weight excluding hydrogens is 1810 g/mol. The standard InChI is InChI=1S/C29H34FN3O5.C29H34FN3O3.C29H36FN3O3.C25H28FN3O3/c1-18(2)21-15-22(19-5-7-20(30)8-6-19)31-23-16-24(38-25(21)23)26(34)33-12-11-32(17-28(33,3)4)27(35)29(36)9-13-37-14-10-29;1-17(2)20-13-22(18-7-9-19(30)10-8-18)31-23-14-24(36-25(20)23)27(35)33-12-11-32(16-29(33,5)6)26(34)21-15-28(21,3)4;1-18(2)21-14-22(19-8-10-20(30)11-9-19)31-23-15-24(36-26(21)23)27(35)33-13-12-32(17-29(33,6)7)25(34)16-28(3,4)5;1-15(2)19-12-20(17-6-8-18(26)9-7-17)27-21-13-22(32-23(19)21)24(31)29-11-10-28(16(3)30)14-25(29,4)5/h5-8,15-16,18,36H,9-14,17H2,1-4H3;7-10,13-14,17,21H,11-12,15-16H2,1-6H3;8-11,14-15,18H,12-13,16-17H2,1-7H3;6-9,12-13,15H,10-11,14H2,1-5H3. The summed E-state index contributed by atoms with van der Waals surface area (Å²) < 4.78 is 83.4. The molecule has 1 saturated carbocycles. The molecule has 1 unspecified atom stereocenters. The van der Waals surface area contributed by atoms with Crippen LogP contribution in [-0.4, -0.2) is 231 Å². The van der Waals surface area contributed by atoms with Crippen molar-refractivity contribution >= 4 is 91.7 Å². The average Bonchev–Trinajstić information content (AvgIpc) is 1.58. The first-order valence-corrected chi connectivity index (χ1v) is 49.2. The van der Waals surface area contributed by atoms with E-state index in [0.717, 1.165) is 50.9 Å². The van der Waals surface area contributed by atoms with Crippen LogP contribution in [-0.2, 0) is 23.9 Å². The Bertz CT molecular complexity index is 6770. The Labute approximate surface area is 826 Å². The van der Waals surface area contributed by atoms with Crippen molar-refractivity contribution in [3.8, 4) is 45.0 Å². The number of piperazine rings is 4. The highest BCUT2D eigenvalue weighted by Crippen LogP contribution is 2.53. The highest BCUT2D eigenvalue weighted by molar-refractivity contribution is 6.01. The first kappa shape index (κ1) is 103. The zero-order valence-electron chi connectivity index (χ0n) is 85.6. The molecule has 1 atom stereocenters. The van der Waals surface area contributed by atoms with E-state index in [4.69, 9.17) is 42.3 Å². The van der Waals surface area contributed by atoms with Crippen LogP contribution in [0.5, 0.6) is 0 Å². The van der Waals surface area contributed by atoms with Crippen LogP contribution < -0.4 is 0 Å². The molecule has 18 rings (SSSR count). The van der Waals surface area contributed by atoms with Crippen LogP contribution in [0, 0.1) is 40.0 Å². The lowest BCUT2D eigenvalue weighted by Crippen LogP contribution is -2.65. The number of halogens is 4. The number of carbonyl (C=O) groups is 8. The average molecular weight is 1950 g/mol. The van der Waals surface area contributed by atoms with Gasteiger partial charge in [-0.2, -0.15) is 0 Å². The summed E-state index contributed by atoms with van der Waals surface area (Å²) in [6.07, 6.45) is 1.95. The second kappa shape index (κ2) is 40.1. The van der Waals surface area contributed by atoms with Gasteiger partial charge < -0.3 is 66.7 Å². The monoisotopic (exact) mass is 1940 g/mol. The van der Waals surface area contributed by atoms with E-state index in [1.54, 1.807) is 104 Å². The van der Waals surface area contributed by atoms with E-state index >= 15 is 0 Å². The zero-order valence-corrected chi connectivity index (χ0v) is 85.6. The third-order valence-electron chi connectivity index (χ3n) is 28.1. The fourth-order valence-electron chi connectivity index (χ4n) is 19.8. The Morgan fingerprint density at radius 1 is 0.380 bits per heavy atom. The number of furan rings is 4. The molecule has 0 bridgehead atoms. The van der Waals surface area contributed by atoms with Gasteiger partial charge in [0.25, 0.3) is 29.5 Å². The molecule has 5 saturated heterocycles. The van der Waals surface area contributed by atoms with E-state index in [0.29, 0.717) is 165 Å². The summed E-state index contributed by atoms with van der Waals surface area (Å²) in [4.78, 5) is 138. The molecule has 1 aliphatic carbocycles. The van der Waals surface area contributed by atoms with E-state index in [1.165, 1.54) is 48.5 Å². The van der Waals surface area contributed by atoms with E-state index in [-0.39, 0.29) is 147 Å². The van der Waals surface area contributed by atoms with Gasteiger partial charge in [-0.3, -0.25) is 38.4 Å². The summed E-state index contributed by atoms with van der Waals surface area (Å²) in [6, 6.07) is 39.3. The van der Waals surface area contributed by atoms with Crippen molar-refractivity contribution in [3.05, 3.63) is 214 Å². The number of rotatable bonds is 15. The quantitative estimate of drug-likeness (QED) is 0.0933. The molecule has 5 aliphatic heterocycles. The molecule has 12 aromatic rings. The van der Waals surface area contributed by atoms with Crippen molar-refractivity contribution in [2.24, 2.45) is 16.7 Å². The van der Waals surface area contributed by atoms with Gasteiger partial charge in [0.2, 0.25) is 17.7 Å². The summed E-state index contributed by atoms with van der Waals surface area (Å²) in [5, 5.41) is 10.9. The van der Waals surface area contributed by atoms with E-state index < -0.39 is 27.8 Å². The molecule has 6 aliphatic rings. The smallest absolute Gasteiger partial charge is 0.290 e. The molecule has 8 amide bonds. The van der Waals surface area contributed by atoms with Gasteiger partial charge in [0, 0.05) is 193 Å². The number of amides is 8. The van der Waals surface area contributed by atoms with Gasteiger partial charge in [-0.1, -0.05) is 90.0 Å². The maximum atomic E-state index is 13.7. The summed E-state index contributed by atoms with van der Waals surface area (Å²) in [5.74, 6) is -0.601. The molecule has 1 N–H and O–H groups in total. The Kier molecular flexibility index (Phi) is 29.2. The molecule has 6 fully saturated rings.